The lowest BCUT2D eigenvalue weighted by atomic mass is 9.65. The predicted octanol–water partition coefficient (Wildman–Crippen LogP) is 11.6. The highest BCUT2D eigenvalue weighted by atomic mass is 16.5. The molecule has 0 fully saturated rings. The number of rotatable bonds is 4. The summed E-state index contributed by atoms with van der Waals surface area (Å²) >= 11 is 0. The maximum atomic E-state index is 6.95. The Morgan fingerprint density at radius 1 is 0.360 bits per heavy atom. The van der Waals surface area contributed by atoms with Crippen molar-refractivity contribution in [2.45, 2.75) is 5.41 Å². The molecule has 1 aliphatic carbocycles. The molecule has 0 bridgehead atoms. The standard InChI is InChI=1S/C47H30N2O/c1-3-15-31(16-4-1)42-30-43(49-46(48-42)32-17-5-2-6-18-32)34-20-13-19-33(29-34)35-23-14-27-41-45(35)50-44-28-12-11-26-40(44)47(41)38-24-9-7-21-36(38)37-22-8-10-25-39(37)47/h1-30H. The van der Waals surface area contributed by atoms with Gasteiger partial charge >= 0.3 is 0 Å². The molecule has 8 aromatic rings. The van der Waals surface area contributed by atoms with E-state index in [9.17, 15) is 0 Å². The first-order valence-electron chi connectivity index (χ1n) is 17.0. The smallest absolute Gasteiger partial charge is 0.160 e. The molecule has 10 rings (SSSR count). The molecule has 0 unspecified atom stereocenters. The summed E-state index contributed by atoms with van der Waals surface area (Å²) in [5, 5.41) is 0. The Morgan fingerprint density at radius 3 is 1.58 bits per heavy atom. The van der Waals surface area contributed by atoms with E-state index in [2.05, 4.69) is 146 Å². The van der Waals surface area contributed by atoms with E-state index < -0.39 is 5.41 Å². The summed E-state index contributed by atoms with van der Waals surface area (Å²) in [6.45, 7) is 0. The molecule has 3 heteroatoms. The molecule has 3 nitrogen and oxygen atoms in total. The Labute approximate surface area is 291 Å². The van der Waals surface area contributed by atoms with E-state index in [0.29, 0.717) is 5.82 Å². The van der Waals surface area contributed by atoms with E-state index in [1.54, 1.807) is 0 Å². The quantitative estimate of drug-likeness (QED) is 0.192. The van der Waals surface area contributed by atoms with E-state index in [4.69, 9.17) is 14.7 Å². The summed E-state index contributed by atoms with van der Waals surface area (Å²) in [7, 11) is 0. The van der Waals surface area contributed by atoms with E-state index in [-0.39, 0.29) is 0 Å². The second-order valence-corrected chi connectivity index (χ2v) is 12.9. The number of ether oxygens (including phenoxy) is 1. The lowest BCUT2D eigenvalue weighted by molar-refractivity contribution is 0.438. The molecule has 50 heavy (non-hydrogen) atoms. The summed E-state index contributed by atoms with van der Waals surface area (Å²) < 4.78 is 6.95. The van der Waals surface area contributed by atoms with Crippen molar-refractivity contribution in [1.82, 2.24) is 9.97 Å². The van der Waals surface area contributed by atoms with Gasteiger partial charge in [-0.15, -0.1) is 0 Å². The fourth-order valence-electron chi connectivity index (χ4n) is 8.02. The van der Waals surface area contributed by atoms with Crippen LogP contribution in [0.25, 0.3) is 56.2 Å². The van der Waals surface area contributed by atoms with Gasteiger partial charge in [-0.05, 0) is 46.0 Å². The fraction of sp³-hybridized carbons (Fsp3) is 0.0213. The minimum absolute atomic E-state index is 0.507. The van der Waals surface area contributed by atoms with Crippen molar-refractivity contribution < 1.29 is 4.74 Å². The third-order valence-corrected chi connectivity index (χ3v) is 10.2. The van der Waals surface area contributed by atoms with Crippen LogP contribution in [0.2, 0.25) is 0 Å². The maximum Gasteiger partial charge on any atom is 0.160 e. The van der Waals surface area contributed by atoms with Gasteiger partial charge in [-0.25, -0.2) is 9.97 Å². The molecular formula is C47H30N2O. The zero-order valence-corrected chi connectivity index (χ0v) is 27.1. The van der Waals surface area contributed by atoms with Crippen molar-refractivity contribution in [2.24, 2.45) is 0 Å². The van der Waals surface area contributed by atoms with Crippen molar-refractivity contribution >= 4 is 0 Å². The van der Waals surface area contributed by atoms with Crippen LogP contribution in [0.4, 0.5) is 0 Å². The lowest BCUT2D eigenvalue weighted by Gasteiger charge is -2.40. The molecule has 0 amide bonds. The van der Waals surface area contributed by atoms with Gasteiger partial charge in [-0.1, -0.05) is 164 Å². The Kier molecular flexibility index (Phi) is 6.40. The number of fused-ring (bicyclic) bond motifs is 9. The fourth-order valence-corrected chi connectivity index (χ4v) is 8.02. The molecular weight excluding hydrogens is 609 g/mol. The van der Waals surface area contributed by atoms with E-state index in [1.165, 1.54) is 27.8 Å². The minimum atomic E-state index is -0.507. The van der Waals surface area contributed by atoms with Gasteiger partial charge in [-0.3, -0.25) is 0 Å². The summed E-state index contributed by atoms with van der Waals surface area (Å²) in [5.41, 5.74) is 13.8. The summed E-state index contributed by atoms with van der Waals surface area (Å²) in [6, 6.07) is 64.1. The van der Waals surface area contributed by atoms with E-state index in [0.717, 1.165) is 56.3 Å². The molecule has 234 valence electrons. The second-order valence-electron chi connectivity index (χ2n) is 12.9. The van der Waals surface area contributed by atoms with Gasteiger partial charge in [0.05, 0.1) is 16.8 Å². The van der Waals surface area contributed by atoms with Gasteiger partial charge in [0.2, 0.25) is 0 Å². The normalized spacial score (nSPS) is 13.1. The number of nitrogens with zero attached hydrogens (tertiary/aromatic N) is 2. The third kappa shape index (κ3) is 4.23. The van der Waals surface area contributed by atoms with Gasteiger partial charge in [0.25, 0.3) is 0 Å². The van der Waals surface area contributed by atoms with Crippen molar-refractivity contribution in [3.63, 3.8) is 0 Å². The molecule has 2 aliphatic rings. The molecule has 0 radical (unpaired) electrons. The van der Waals surface area contributed by atoms with Crippen LogP contribution in [0.5, 0.6) is 11.5 Å². The van der Waals surface area contributed by atoms with Crippen LogP contribution in [0.3, 0.4) is 0 Å². The number of aromatic nitrogens is 2. The SMILES string of the molecule is c1ccc(-c2cc(-c3cccc(-c4cccc5c4Oc4ccccc4C54c5ccccc5-c5ccccc54)c3)nc(-c3ccccc3)n2)cc1. The number of para-hydroxylation sites is 2. The molecule has 2 heterocycles. The first-order chi connectivity index (χ1) is 24.8. The van der Waals surface area contributed by atoms with E-state index >= 15 is 0 Å². The Bertz CT molecular complexity index is 2470. The molecule has 1 aromatic heterocycles. The van der Waals surface area contributed by atoms with Crippen molar-refractivity contribution in [3.8, 4) is 67.7 Å². The second kappa shape index (κ2) is 11.3. The van der Waals surface area contributed by atoms with E-state index in [1.807, 2.05) is 36.4 Å². The molecule has 7 aromatic carbocycles. The molecule has 0 saturated heterocycles. The van der Waals surface area contributed by atoms with Crippen molar-refractivity contribution in [1.29, 1.82) is 0 Å². The lowest BCUT2D eigenvalue weighted by Crippen LogP contribution is -2.32. The molecule has 0 N–H and O–H groups in total. The summed E-state index contributed by atoms with van der Waals surface area (Å²) in [5.74, 6) is 2.46. The first kappa shape index (κ1) is 28.4. The third-order valence-electron chi connectivity index (χ3n) is 10.2. The molecule has 0 saturated carbocycles. The van der Waals surface area contributed by atoms with Crippen LogP contribution >= 0.6 is 0 Å². The zero-order valence-electron chi connectivity index (χ0n) is 27.1. The molecule has 1 spiro atoms. The monoisotopic (exact) mass is 638 g/mol. The Hall–Kier alpha value is -6.58. The highest BCUT2D eigenvalue weighted by Gasteiger charge is 2.51. The predicted molar refractivity (Wildman–Crippen MR) is 201 cm³/mol. The van der Waals surface area contributed by atoms with Crippen LogP contribution < -0.4 is 4.74 Å². The molecule has 1 aliphatic heterocycles. The maximum absolute atomic E-state index is 6.95. The number of hydrogen-bond acceptors (Lipinski definition) is 3. The topological polar surface area (TPSA) is 35.0 Å². The van der Waals surface area contributed by atoms with Gasteiger partial charge in [0, 0.05) is 33.4 Å². The Morgan fingerprint density at radius 2 is 0.860 bits per heavy atom. The zero-order chi connectivity index (χ0) is 33.1. The van der Waals surface area contributed by atoms with Crippen LogP contribution in [-0.2, 0) is 5.41 Å². The van der Waals surface area contributed by atoms with Crippen molar-refractivity contribution in [2.75, 3.05) is 0 Å². The van der Waals surface area contributed by atoms with Gasteiger partial charge < -0.3 is 4.74 Å². The van der Waals surface area contributed by atoms with Crippen LogP contribution in [0.15, 0.2) is 182 Å². The van der Waals surface area contributed by atoms with Crippen molar-refractivity contribution in [3.05, 3.63) is 204 Å². The van der Waals surface area contributed by atoms with Crippen LogP contribution in [0.1, 0.15) is 22.3 Å². The Balaban J connectivity index is 1.18. The van der Waals surface area contributed by atoms with Gasteiger partial charge in [0.1, 0.15) is 11.5 Å². The average Bonchev–Trinajstić information content (AvgIpc) is 3.49. The summed E-state index contributed by atoms with van der Waals surface area (Å²) in [4.78, 5) is 10.1. The minimum Gasteiger partial charge on any atom is -0.456 e. The number of hydrogen-bond donors (Lipinski definition) is 0. The largest absolute Gasteiger partial charge is 0.456 e. The van der Waals surface area contributed by atoms with Gasteiger partial charge in [-0.2, -0.15) is 0 Å². The van der Waals surface area contributed by atoms with Gasteiger partial charge in [0.15, 0.2) is 5.82 Å². The van der Waals surface area contributed by atoms with Crippen LogP contribution in [-0.4, -0.2) is 9.97 Å². The van der Waals surface area contributed by atoms with Crippen LogP contribution in [0, 0.1) is 0 Å². The number of benzene rings is 7. The molecule has 0 atom stereocenters. The highest BCUT2D eigenvalue weighted by Crippen LogP contribution is 2.63. The summed E-state index contributed by atoms with van der Waals surface area (Å²) in [6.07, 6.45) is 0. The highest BCUT2D eigenvalue weighted by molar-refractivity contribution is 5.90. The first-order valence-corrected chi connectivity index (χ1v) is 17.0. The average molecular weight is 639 g/mol.